The van der Waals surface area contributed by atoms with E-state index in [0.717, 1.165) is 19.3 Å². The SMILES string of the molecule is CCCCCCCCCCCCCCCCCCCCCCC(CC)C(O)(CC)NO. The number of rotatable bonds is 25. The maximum atomic E-state index is 10.4. The van der Waals surface area contributed by atoms with Crippen LogP contribution in [0.5, 0.6) is 0 Å². The second-order valence-corrected chi connectivity index (χ2v) is 10.0. The number of hydroxylamine groups is 1. The Morgan fingerprint density at radius 1 is 0.548 bits per heavy atom. The van der Waals surface area contributed by atoms with Gasteiger partial charge in [-0.1, -0.05) is 149 Å². The lowest BCUT2D eigenvalue weighted by molar-refractivity contribution is -0.136. The quantitative estimate of drug-likeness (QED) is 0.0751. The van der Waals surface area contributed by atoms with Crippen molar-refractivity contribution in [3.05, 3.63) is 0 Å². The van der Waals surface area contributed by atoms with Gasteiger partial charge < -0.3 is 10.3 Å². The van der Waals surface area contributed by atoms with E-state index in [1.54, 1.807) is 0 Å². The molecule has 3 nitrogen and oxygen atoms in total. The van der Waals surface area contributed by atoms with Crippen molar-refractivity contribution in [1.82, 2.24) is 5.48 Å². The molecule has 0 aromatic heterocycles. The minimum atomic E-state index is -1.11. The van der Waals surface area contributed by atoms with Gasteiger partial charge in [0.2, 0.25) is 0 Å². The third-order valence-electron chi connectivity index (χ3n) is 7.31. The molecule has 0 amide bonds. The summed E-state index contributed by atoms with van der Waals surface area (Å²) in [5.74, 6) is 0.137. The van der Waals surface area contributed by atoms with Crippen LogP contribution in [-0.4, -0.2) is 16.0 Å². The minimum absolute atomic E-state index is 0.137. The summed E-state index contributed by atoms with van der Waals surface area (Å²) >= 11 is 0. The van der Waals surface area contributed by atoms with Crippen LogP contribution in [-0.2, 0) is 0 Å². The Hall–Kier alpha value is -0.120. The summed E-state index contributed by atoms with van der Waals surface area (Å²) in [6, 6.07) is 0. The molecule has 0 aliphatic heterocycles. The fourth-order valence-electron chi connectivity index (χ4n) is 4.89. The van der Waals surface area contributed by atoms with E-state index in [1.165, 1.54) is 122 Å². The average molecular weight is 442 g/mol. The number of hydrogen-bond donors (Lipinski definition) is 3. The van der Waals surface area contributed by atoms with Crippen molar-refractivity contribution in [2.75, 3.05) is 0 Å². The van der Waals surface area contributed by atoms with Crippen LogP contribution in [0, 0.1) is 5.92 Å². The third kappa shape index (κ3) is 18.0. The average Bonchev–Trinajstić information content (AvgIpc) is 2.79. The first kappa shape index (κ1) is 30.9. The molecule has 0 aromatic carbocycles. The molecule has 3 N–H and O–H groups in total. The van der Waals surface area contributed by atoms with Crippen LogP contribution in [0.2, 0.25) is 0 Å². The van der Waals surface area contributed by atoms with Crippen LogP contribution < -0.4 is 5.48 Å². The number of nitrogens with one attached hydrogen (secondary N) is 1. The van der Waals surface area contributed by atoms with Crippen LogP contribution in [0.15, 0.2) is 0 Å². The van der Waals surface area contributed by atoms with Crippen LogP contribution >= 0.6 is 0 Å². The van der Waals surface area contributed by atoms with Crippen LogP contribution in [0.3, 0.4) is 0 Å². The molecule has 0 rings (SSSR count). The van der Waals surface area contributed by atoms with Gasteiger partial charge in [-0.25, -0.2) is 0 Å². The minimum Gasteiger partial charge on any atom is -0.373 e. The van der Waals surface area contributed by atoms with E-state index in [2.05, 4.69) is 19.3 Å². The van der Waals surface area contributed by atoms with Gasteiger partial charge in [-0.15, -0.1) is 0 Å². The smallest absolute Gasteiger partial charge is 0.140 e. The highest BCUT2D eigenvalue weighted by molar-refractivity contribution is 4.79. The molecule has 0 saturated carbocycles. The summed E-state index contributed by atoms with van der Waals surface area (Å²) in [6.45, 7) is 6.31. The van der Waals surface area contributed by atoms with Gasteiger partial charge in [-0.2, -0.15) is 5.48 Å². The molecule has 0 saturated heterocycles. The van der Waals surface area contributed by atoms with E-state index in [-0.39, 0.29) is 5.92 Å². The summed E-state index contributed by atoms with van der Waals surface area (Å²) in [6.07, 6.45) is 30.5. The van der Waals surface area contributed by atoms with E-state index < -0.39 is 5.72 Å². The molecule has 2 unspecified atom stereocenters. The van der Waals surface area contributed by atoms with Crippen molar-refractivity contribution in [3.8, 4) is 0 Å². The second kappa shape index (κ2) is 23.1. The molecule has 0 heterocycles. The molecule has 0 aliphatic carbocycles. The Morgan fingerprint density at radius 3 is 1.13 bits per heavy atom. The summed E-state index contributed by atoms with van der Waals surface area (Å²) < 4.78 is 0. The fraction of sp³-hybridized carbons (Fsp3) is 1.00. The maximum absolute atomic E-state index is 10.4. The van der Waals surface area contributed by atoms with Gasteiger partial charge in [0.15, 0.2) is 0 Å². The zero-order valence-electron chi connectivity index (χ0n) is 21.7. The molecule has 3 heteroatoms. The number of unbranched alkanes of at least 4 members (excludes halogenated alkanes) is 19. The predicted molar refractivity (Wildman–Crippen MR) is 137 cm³/mol. The molecule has 2 atom stereocenters. The van der Waals surface area contributed by atoms with Crippen LogP contribution in [0.1, 0.15) is 168 Å². The monoisotopic (exact) mass is 441 g/mol. The zero-order valence-corrected chi connectivity index (χ0v) is 21.7. The first-order valence-corrected chi connectivity index (χ1v) is 14.3. The Bertz CT molecular complexity index is 344. The van der Waals surface area contributed by atoms with Gasteiger partial charge in [-0.05, 0) is 19.3 Å². The molecule has 0 bridgehead atoms. The Morgan fingerprint density at radius 2 is 0.871 bits per heavy atom. The van der Waals surface area contributed by atoms with E-state index in [9.17, 15) is 10.3 Å². The van der Waals surface area contributed by atoms with Crippen molar-refractivity contribution in [1.29, 1.82) is 0 Å². The lowest BCUT2D eigenvalue weighted by atomic mass is 9.86. The van der Waals surface area contributed by atoms with Crippen LogP contribution in [0.4, 0.5) is 0 Å². The first-order chi connectivity index (χ1) is 15.1. The molecular weight excluding hydrogens is 382 g/mol. The van der Waals surface area contributed by atoms with Gasteiger partial charge in [0.25, 0.3) is 0 Å². The second-order valence-electron chi connectivity index (χ2n) is 10.0. The normalized spacial score (nSPS) is 14.6. The highest BCUT2D eigenvalue weighted by atomic mass is 16.5. The van der Waals surface area contributed by atoms with E-state index in [0.29, 0.717) is 6.42 Å². The van der Waals surface area contributed by atoms with Crippen molar-refractivity contribution in [2.45, 2.75) is 174 Å². The molecular formula is C28H59NO2. The van der Waals surface area contributed by atoms with Crippen molar-refractivity contribution in [2.24, 2.45) is 5.92 Å². The topological polar surface area (TPSA) is 52.5 Å². The molecule has 0 aromatic rings. The van der Waals surface area contributed by atoms with Gasteiger partial charge in [-0.3, -0.25) is 0 Å². The standard InChI is InChI=1S/C28H59NO2/c1-4-7-8-9-10-11-12-13-14-15-16-17-18-19-20-21-22-23-24-25-26-27(5-2)28(30,6-3)29-31/h27,29-31H,4-26H2,1-3H3. The molecule has 0 radical (unpaired) electrons. The number of aliphatic hydroxyl groups is 1. The number of hydrogen-bond acceptors (Lipinski definition) is 3. The largest absolute Gasteiger partial charge is 0.373 e. The van der Waals surface area contributed by atoms with Gasteiger partial charge in [0.1, 0.15) is 5.72 Å². The third-order valence-corrected chi connectivity index (χ3v) is 7.31. The lowest BCUT2D eigenvalue weighted by Crippen LogP contribution is -2.49. The molecule has 0 spiro atoms. The molecule has 0 fully saturated rings. The van der Waals surface area contributed by atoms with Crippen molar-refractivity contribution < 1.29 is 10.3 Å². The van der Waals surface area contributed by atoms with E-state index >= 15 is 0 Å². The van der Waals surface area contributed by atoms with Gasteiger partial charge >= 0.3 is 0 Å². The summed E-state index contributed by atoms with van der Waals surface area (Å²) in [5.41, 5.74) is 1.04. The van der Waals surface area contributed by atoms with Crippen LogP contribution in [0.25, 0.3) is 0 Å². The summed E-state index contributed by atoms with van der Waals surface area (Å²) in [4.78, 5) is 0. The van der Waals surface area contributed by atoms with Crippen molar-refractivity contribution in [3.63, 3.8) is 0 Å². The maximum Gasteiger partial charge on any atom is 0.140 e. The van der Waals surface area contributed by atoms with Crippen molar-refractivity contribution >= 4 is 0 Å². The Labute approximate surface area is 196 Å². The molecule has 31 heavy (non-hydrogen) atoms. The Balaban J connectivity index is 3.28. The molecule has 188 valence electrons. The fourth-order valence-corrected chi connectivity index (χ4v) is 4.89. The lowest BCUT2D eigenvalue weighted by Gasteiger charge is -2.33. The van der Waals surface area contributed by atoms with E-state index in [1.807, 2.05) is 6.92 Å². The predicted octanol–water partition coefficient (Wildman–Crippen LogP) is 9.30. The van der Waals surface area contributed by atoms with Gasteiger partial charge in [0, 0.05) is 5.92 Å². The summed E-state index contributed by atoms with van der Waals surface area (Å²) in [5, 5.41) is 19.6. The summed E-state index contributed by atoms with van der Waals surface area (Å²) in [7, 11) is 0. The highest BCUT2D eigenvalue weighted by Crippen LogP contribution is 2.27. The highest BCUT2D eigenvalue weighted by Gasteiger charge is 2.32. The van der Waals surface area contributed by atoms with Gasteiger partial charge in [0.05, 0.1) is 0 Å². The molecule has 0 aliphatic rings. The van der Waals surface area contributed by atoms with E-state index in [4.69, 9.17) is 0 Å². The first-order valence-electron chi connectivity index (χ1n) is 14.3. The Kier molecular flexibility index (Phi) is 23.0. The zero-order chi connectivity index (χ0) is 23.0.